The molecule has 98 valence electrons. The second-order valence-electron chi connectivity index (χ2n) is 5.50. The van der Waals surface area contributed by atoms with Crippen molar-refractivity contribution >= 4 is 5.78 Å². The Kier molecular flexibility index (Phi) is 4.54. The first-order valence-electron chi connectivity index (χ1n) is 7.00. The highest BCUT2D eigenvalue weighted by atomic mass is 16.1. The van der Waals surface area contributed by atoms with Crippen molar-refractivity contribution in [1.82, 2.24) is 5.32 Å². The number of nitrogens with one attached hydrogen (secondary N) is 1. The number of Topliss-reactive ketones (excluding diaryl/α,β-unsaturated/α-hetero) is 1. The number of carbonyl (C=O) groups excluding carboxylic acids is 1. The van der Waals surface area contributed by atoms with Crippen molar-refractivity contribution in [3.05, 3.63) is 34.9 Å². The van der Waals surface area contributed by atoms with Gasteiger partial charge in [-0.15, -0.1) is 0 Å². The molecule has 2 nitrogen and oxygen atoms in total. The Labute approximate surface area is 110 Å². The van der Waals surface area contributed by atoms with E-state index in [9.17, 15) is 4.79 Å². The zero-order valence-corrected chi connectivity index (χ0v) is 11.5. The van der Waals surface area contributed by atoms with Crippen LogP contribution in [0.15, 0.2) is 18.2 Å². The predicted octanol–water partition coefficient (Wildman–Crippen LogP) is 3.41. The van der Waals surface area contributed by atoms with E-state index in [1.165, 1.54) is 30.4 Å². The van der Waals surface area contributed by atoms with Gasteiger partial charge < -0.3 is 5.32 Å². The molecule has 0 bridgehead atoms. The Morgan fingerprint density at radius 3 is 2.61 bits per heavy atom. The molecule has 1 aliphatic rings. The van der Waals surface area contributed by atoms with Crippen molar-refractivity contribution in [2.45, 2.75) is 52.0 Å². The minimum Gasteiger partial charge on any atom is -0.314 e. The maximum Gasteiger partial charge on any atom is 0.164 e. The molecule has 1 aromatic carbocycles. The van der Waals surface area contributed by atoms with Crippen molar-refractivity contribution in [2.75, 3.05) is 6.54 Å². The molecule has 2 heteroatoms. The van der Waals surface area contributed by atoms with Crippen LogP contribution < -0.4 is 5.32 Å². The van der Waals surface area contributed by atoms with E-state index in [1.807, 2.05) is 26.0 Å². The molecule has 1 N–H and O–H groups in total. The van der Waals surface area contributed by atoms with Gasteiger partial charge in [-0.2, -0.15) is 0 Å². The van der Waals surface area contributed by atoms with Crippen LogP contribution in [-0.4, -0.2) is 18.4 Å². The fraction of sp³-hybridized carbons (Fsp3) is 0.562. The highest BCUT2D eigenvalue weighted by Crippen LogP contribution is 2.16. The first kappa shape index (κ1) is 13.3. The summed E-state index contributed by atoms with van der Waals surface area (Å²) >= 11 is 0. The maximum atomic E-state index is 12.3. The van der Waals surface area contributed by atoms with E-state index >= 15 is 0 Å². The van der Waals surface area contributed by atoms with E-state index in [0.717, 1.165) is 18.5 Å². The molecule has 18 heavy (non-hydrogen) atoms. The smallest absolute Gasteiger partial charge is 0.164 e. The summed E-state index contributed by atoms with van der Waals surface area (Å²) in [6.45, 7) is 5.16. The number of ketones is 1. The number of rotatable bonds is 3. The molecular formula is C16H23NO. The van der Waals surface area contributed by atoms with Gasteiger partial charge in [0.15, 0.2) is 5.78 Å². The zero-order chi connectivity index (χ0) is 13.0. The van der Waals surface area contributed by atoms with Gasteiger partial charge in [-0.05, 0) is 45.4 Å². The van der Waals surface area contributed by atoms with Crippen LogP contribution in [0, 0.1) is 13.8 Å². The topological polar surface area (TPSA) is 29.1 Å². The van der Waals surface area contributed by atoms with E-state index in [0.29, 0.717) is 12.5 Å². The minimum atomic E-state index is 0.279. The molecule has 0 amide bonds. The molecule has 1 fully saturated rings. The maximum absolute atomic E-state index is 12.3. The summed E-state index contributed by atoms with van der Waals surface area (Å²) in [7, 11) is 0. The first-order chi connectivity index (χ1) is 8.65. The Bertz CT molecular complexity index is 397. The van der Waals surface area contributed by atoms with Crippen LogP contribution in [0.3, 0.4) is 0 Å². The summed E-state index contributed by atoms with van der Waals surface area (Å²) in [6.07, 6.45) is 5.56. The summed E-state index contributed by atoms with van der Waals surface area (Å²) in [4.78, 5) is 12.3. The molecule has 0 spiro atoms. The largest absolute Gasteiger partial charge is 0.314 e. The minimum absolute atomic E-state index is 0.279. The van der Waals surface area contributed by atoms with Crippen LogP contribution in [0.5, 0.6) is 0 Å². The Balaban J connectivity index is 2.01. The van der Waals surface area contributed by atoms with Crippen molar-refractivity contribution in [3.8, 4) is 0 Å². The molecule has 1 atom stereocenters. The summed E-state index contributed by atoms with van der Waals surface area (Å²) < 4.78 is 0. The van der Waals surface area contributed by atoms with E-state index in [2.05, 4.69) is 11.4 Å². The van der Waals surface area contributed by atoms with Gasteiger partial charge >= 0.3 is 0 Å². The number of aryl methyl sites for hydroxylation is 2. The third kappa shape index (κ3) is 3.67. The van der Waals surface area contributed by atoms with Crippen molar-refractivity contribution in [1.29, 1.82) is 0 Å². The van der Waals surface area contributed by atoms with Crippen molar-refractivity contribution < 1.29 is 4.79 Å². The van der Waals surface area contributed by atoms with Crippen LogP contribution in [0.1, 0.15) is 53.6 Å². The third-order valence-corrected chi connectivity index (χ3v) is 3.64. The summed E-state index contributed by atoms with van der Waals surface area (Å²) in [5, 5.41) is 3.49. The number of hydrogen-bond acceptors (Lipinski definition) is 2. The number of hydrogen-bond donors (Lipinski definition) is 1. The monoisotopic (exact) mass is 245 g/mol. The highest BCUT2D eigenvalue weighted by Gasteiger charge is 2.16. The standard InChI is InChI=1S/C16H23NO/c1-12-8-13(2)10-14(9-12)16(18)11-15-6-4-3-5-7-17-15/h8-10,15,17H,3-7,11H2,1-2H3. The van der Waals surface area contributed by atoms with Gasteiger partial charge in [0.1, 0.15) is 0 Å². The number of carbonyl (C=O) groups is 1. The quantitative estimate of drug-likeness (QED) is 0.827. The van der Waals surface area contributed by atoms with Crippen LogP contribution in [0.2, 0.25) is 0 Å². The molecule has 0 radical (unpaired) electrons. The van der Waals surface area contributed by atoms with Gasteiger partial charge in [0.05, 0.1) is 0 Å². The van der Waals surface area contributed by atoms with Crippen LogP contribution in [0.4, 0.5) is 0 Å². The van der Waals surface area contributed by atoms with E-state index in [4.69, 9.17) is 0 Å². The SMILES string of the molecule is Cc1cc(C)cc(C(=O)CC2CCCCCN2)c1. The van der Waals surface area contributed by atoms with Crippen LogP contribution in [-0.2, 0) is 0 Å². The fourth-order valence-electron chi connectivity index (χ4n) is 2.75. The molecular weight excluding hydrogens is 222 g/mol. The predicted molar refractivity (Wildman–Crippen MR) is 75.1 cm³/mol. The summed E-state index contributed by atoms with van der Waals surface area (Å²) in [5.74, 6) is 0.279. The molecule has 0 aromatic heterocycles. The molecule has 1 aliphatic heterocycles. The number of benzene rings is 1. The van der Waals surface area contributed by atoms with Gasteiger partial charge in [-0.3, -0.25) is 4.79 Å². The Morgan fingerprint density at radius 1 is 1.17 bits per heavy atom. The first-order valence-corrected chi connectivity index (χ1v) is 7.00. The molecule has 1 unspecified atom stereocenters. The lowest BCUT2D eigenvalue weighted by molar-refractivity contribution is 0.0968. The molecule has 1 heterocycles. The second-order valence-corrected chi connectivity index (χ2v) is 5.50. The van der Waals surface area contributed by atoms with E-state index in [-0.39, 0.29) is 5.78 Å². The normalized spacial score (nSPS) is 20.4. The molecule has 0 aliphatic carbocycles. The van der Waals surface area contributed by atoms with Crippen LogP contribution >= 0.6 is 0 Å². The molecule has 1 aromatic rings. The summed E-state index contributed by atoms with van der Waals surface area (Å²) in [5.41, 5.74) is 3.22. The summed E-state index contributed by atoms with van der Waals surface area (Å²) in [6, 6.07) is 6.50. The van der Waals surface area contributed by atoms with E-state index in [1.54, 1.807) is 0 Å². The Hall–Kier alpha value is -1.15. The lowest BCUT2D eigenvalue weighted by Gasteiger charge is -2.15. The van der Waals surface area contributed by atoms with Crippen molar-refractivity contribution in [3.63, 3.8) is 0 Å². The van der Waals surface area contributed by atoms with Crippen LogP contribution in [0.25, 0.3) is 0 Å². The zero-order valence-electron chi connectivity index (χ0n) is 11.5. The van der Waals surface area contributed by atoms with Gasteiger partial charge in [0, 0.05) is 18.0 Å². The molecule has 0 saturated carbocycles. The van der Waals surface area contributed by atoms with Gasteiger partial charge in [-0.25, -0.2) is 0 Å². The van der Waals surface area contributed by atoms with Crippen molar-refractivity contribution in [2.24, 2.45) is 0 Å². The van der Waals surface area contributed by atoms with Gasteiger partial charge in [0.2, 0.25) is 0 Å². The average molecular weight is 245 g/mol. The molecule has 2 rings (SSSR count). The fourth-order valence-corrected chi connectivity index (χ4v) is 2.75. The van der Waals surface area contributed by atoms with E-state index < -0.39 is 0 Å². The lowest BCUT2D eigenvalue weighted by atomic mass is 9.98. The third-order valence-electron chi connectivity index (χ3n) is 3.64. The van der Waals surface area contributed by atoms with Gasteiger partial charge in [0.25, 0.3) is 0 Å². The highest BCUT2D eigenvalue weighted by molar-refractivity contribution is 5.96. The Morgan fingerprint density at radius 2 is 1.89 bits per heavy atom. The lowest BCUT2D eigenvalue weighted by Crippen LogP contribution is -2.30. The van der Waals surface area contributed by atoms with Gasteiger partial charge in [-0.1, -0.05) is 30.0 Å². The second kappa shape index (κ2) is 6.14. The molecule has 1 saturated heterocycles. The average Bonchev–Trinajstić information content (AvgIpc) is 2.56.